The Balaban J connectivity index is 1.90. The lowest BCUT2D eigenvalue weighted by molar-refractivity contribution is -0.384. The van der Waals surface area contributed by atoms with Crippen molar-refractivity contribution in [1.29, 1.82) is 0 Å². The summed E-state index contributed by atoms with van der Waals surface area (Å²) < 4.78 is 1.23. The van der Waals surface area contributed by atoms with Crippen LogP contribution in [0, 0.1) is 10.1 Å². The summed E-state index contributed by atoms with van der Waals surface area (Å²) in [6.07, 6.45) is 2.56. The molecule has 2 N–H and O–H groups in total. The van der Waals surface area contributed by atoms with Crippen LogP contribution in [0.5, 0.6) is 0 Å². The van der Waals surface area contributed by atoms with Crippen molar-refractivity contribution in [3.8, 4) is 5.69 Å². The van der Waals surface area contributed by atoms with E-state index in [0.29, 0.717) is 5.69 Å². The minimum absolute atomic E-state index is 0.0524. The summed E-state index contributed by atoms with van der Waals surface area (Å²) in [6, 6.07) is 8.54. The van der Waals surface area contributed by atoms with Crippen LogP contribution in [0.15, 0.2) is 49.1 Å². The zero-order valence-electron chi connectivity index (χ0n) is 14.4. The highest BCUT2D eigenvalue weighted by molar-refractivity contribution is 6.34. The lowest BCUT2D eigenvalue weighted by Gasteiger charge is -2.10. The van der Waals surface area contributed by atoms with Gasteiger partial charge in [-0.15, -0.1) is 0 Å². The van der Waals surface area contributed by atoms with Crippen molar-refractivity contribution in [1.82, 2.24) is 14.8 Å². The predicted octanol–water partition coefficient (Wildman–Crippen LogP) is 3.04. The van der Waals surface area contributed by atoms with Crippen LogP contribution < -0.4 is 10.6 Å². The fourth-order valence-electron chi connectivity index (χ4n) is 2.43. The fraction of sp³-hybridized carbons (Fsp3) is 0.0588. The largest absolute Gasteiger partial charge is 0.326 e. The third kappa shape index (κ3) is 4.13. The molecule has 0 saturated carbocycles. The van der Waals surface area contributed by atoms with Crippen LogP contribution in [0.25, 0.3) is 5.69 Å². The van der Waals surface area contributed by atoms with Crippen LogP contribution in [0.1, 0.15) is 17.3 Å². The molecule has 3 aromatic rings. The van der Waals surface area contributed by atoms with Gasteiger partial charge in [0.1, 0.15) is 18.3 Å². The lowest BCUT2D eigenvalue weighted by Crippen LogP contribution is -2.14. The molecule has 1 aromatic heterocycles. The number of carbonyl (C=O) groups is 2. The first-order valence-corrected chi connectivity index (χ1v) is 8.25. The summed E-state index contributed by atoms with van der Waals surface area (Å²) in [7, 11) is 0. The zero-order valence-corrected chi connectivity index (χ0v) is 15.2. The SMILES string of the molecule is CC(=O)Nc1ccc(Cl)c(NC(=O)c2ccc(-n3cncn3)c([N+](=O)[O-])c2)c1. The van der Waals surface area contributed by atoms with Crippen LogP contribution in [-0.4, -0.2) is 31.5 Å². The number of nitrogens with zero attached hydrogens (tertiary/aromatic N) is 4. The predicted molar refractivity (Wildman–Crippen MR) is 102 cm³/mol. The number of amides is 2. The van der Waals surface area contributed by atoms with E-state index in [2.05, 4.69) is 20.7 Å². The molecule has 1 heterocycles. The highest BCUT2D eigenvalue weighted by Crippen LogP contribution is 2.28. The van der Waals surface area contributed by atoms with E-state index in [9.17, 15) is 19.7 Å². The second-order valence-corrected chi connectivity index (χ2v) is 6.04. The molecule has 142 valence electrons. The van der Waals surface area contributed by atoms with E-state index in [1.807, 2.05) is 0 Å². The van der Waals surface area contributed by atoms with Crippen LogP contribution >= 0.6 is 11.6 Å². The molecule has 28 heavy (non-hydrogen) atoms. The third-order valence-electron chi connectivity index (χ3n) is 3.63. The minimum Gasteiger partial charge on any atom is -0.326 e. The molecule has 2 aromatic carbocycles. The summed E-state index contributed by atoms with van der Waals surface area (Å²) in [5.41, 5.74) is 0.609. The van der Waals surface area contributed by atoms with Gasteiger partial charge in [-0.1, -0.05) is 11.6 Å². The normalized spacial score (nSPS) is 10.4. The Morgan fingerprint density at radius 3 is 2.61 bits per heavy atom. The maximum Gasteiger partial charge on any atom is 0.295 e. The second kappa shape index (κ2) is 7.84. The molecule has 0 spiro atoms. The third-order valence-corrected chi connectivity index (χ3v) is 3.96. The van der Waals surface area contributed by atoms with E-state index in [1.54, 1.807) is 6.07 Å². The lowest BCUT2D eigenvalue weighted by atomic mass is 10.1. The van der Waals surface area contributed by atoms with Crippen LogP contribution in [0.2, 0.25) is 5.02 Å². The molecule has 0 radical (unpaired) electrons. The molecule has 11 heteroatoms. The standard InChI is InChI=1S/C17H13ClN6O4/c1-10(25)21-12-3-4-13(18)14(7-12)22-17(26)11-2-5-15(16(6-11)24(27)28)23-9-19-8-20-23/h2-9H,1H3,(H,21,25)(H,22,26). The number of carbonyl (C=O) groups excluding carboxylic acids is 2. The van der Waals surface area contributed by atoms with Crippen LogP contribution in [-0.2, 0) is 4.79 Å². The molecular formula is C17H13ClN6O4. The van der Waals surface area contributed by atoms with E-state index in [1.165, 1.54) is 48.5 Å². The second-order valence-electron chi connectivity index (χ2n) is 5.63. The molecule has 0 bridgehead atoms. The summed E-state index contributed by atoms with van der Waals surface area (Å²) in [4.78, 5) is 38.3. The maximum absolute atomic E-state index is 12.6. The summed E-state index contributed by atoms with van der Waals surface area (Å²) in [5.74, 6) is -0.881. The molecule has 0 atom stereocenters. The molecule has 0 aliphatic heterocycles. The van der Waals surface area contributed by atoms with E-state index >= 15 is 0 Å². The first-order chi connectivity index (χ1) is 13.3. The summed E-state index contributed by atoms with van der Waals surface area (Å²) in [5, 5.41) is 20.7. The number of benzene rings is 2. The van der Waals surface area contributed by atoms with Crippen LogP contribution in [0.3, 0.4) is 0 Å². The Bertz CT molecular complexity index is 1070. The van der Waals surface area contributed by atoms with Gasteiger partial charge in [0.2, 0.25) is 5.91 Å². The van der Waals surface area contributed by atoms with Crippen molar-refractivity contribution < 1.29 is 14.5 Å². The number of hydrogen-bond acceptors (Lipinski definition) is 6. The van der Waals surface area contributed by atoms with Gasteiger partial charge >= 0.3 is 0 Å². The molecular weight excluding hydrogens is 388 g/mol. The molecule has 0 aliphatic carbocycles. The monoisotopic (exact) mass is 400 g/mol. The summed E-state index contributed by atoms with van der Waals surface area (Å²) in [6.45, 7) is 1.35. The number of rotatable bonds is 5. The van der Waals surface area contributed by atoms with Crippen molar-refractivity contribution in [2.45, 2.75) is 6.92 Å². The van der Waals surface area contributed by atoms with Crippen molar-refractivity contribution in [2.24, 2.45) is 0 Å². The quantitative estimate of drug-likeness (QED) is 0.499. The molecule has 0 unspecified atom stereocenters. The number of nitro groups is 1. The van der Waals surface area contributed by atoms with E-state index in [-0.39, 0.29) is 33.6 Å². The number of nitro benzene ring substituents is 1. The van der Waals surface area contributed by atoms with Gasteiger partial charge in [-0.3, -0.25) is 19.7 Å². The molecule has 3 rings (SSSR count). The smallest absolute Gasteiger partial charge is 0.295 e. The van der Waals surface area contributed by atoms with Gasteiger partial charge in [-0.05, 0) is 30.3 Å². The highest BCUT2D eigenvalue weighted by Gasteiger charge is 2.20. The van der Waals surface area contributed by atoms with Gasteiger partial charge in [0.25, 0.3) is 11.6 Å². The van der Waals surface area contributed by atoms with Gasteiger partial charge in [0, 0.05) is 24.2 Å². The Morgan fingerprint density at radius 2 is 1.96 bits per heavy atom. The van der Waals surface area contributed by atoms with Gasteiger partial charge in [0.15, 0.2) is 0 Å². The van der Waals surface area contributed by atoms with Crippen molar-refractivity contribution in [3.63, 3.8) is 0 Å². The first kappa shape index (κ1) is 19.0. The topological polar surface area (TPSA) is 132 Å². The highest BCUT2D eigenvalue weighted by atomic mass is 35.5. The van der Waals surface area contributed by atoms with Crippen LogP contribution in [0.4, 0.5) is 17.1 Å². The van der Waals surface area contributed by atoms with Gasteiger partial charge in [-0.25, -0.2) is 9.67 Å². The Labute approximate surface area is 163 Å². The van der Waals surface area contributed by atoms with E-state index < -0.39 is 10.8 Å². The first-order valence-electron chi connectivity index (χ1n) is 7.87. The van der Waals surface area contributed by atoms with Gasteiger partial charge in [0.05, 0.1) is 15.6 Å². The fourth-order valence-corrected chi connectivity index (χ4v) is 2.60. The van der Waals surface area contributed by atoms with Gasteiger partial charge < -0.3 is 10.6 Å². The number of halogens is 1. The van der Waals surface area contributed by atoms with E-state index in [4.69, 9.17) is 11.6 Å². The van der Waals surface area contributed by atoms with Crippen molar-refractivity contribution >= 4 is 40.5 Å². The average molecular weight is 401 g/mol. The molecule has 0 aliphatic rings. The molecule has 0 saturated heterocycles. The number of anilines is 2. The summed E-state index contributed by atoms with van der Waals surface area (Å²) >= 11 is 6.08. The number of hydrogen-bond donors (Lipinski definition) is 2. The molecule has 0 fully saturated rings. The molecule has 10 nitrogen and oxygen atoms in total. The van der Waals surface area contributed by atoms with Gasteiger partial charge in [-0.2, -0.15) is 5.10 Å². The zero-order chi connectivity index (χ0) is 20.3. The Kier molecular flexibility index (Phi) is 5.32. The average Bonchev–Trinajstić information content (AvgIpc) is 3.18. The minimum atomic E-state index is -0.613. The van der Waals surface area contributed by atoms with Crippen molar-refractivity contribution in [3.05, 3.63) is 69.8 Å². The Morgan fingerprint density at radius 1 is 1.18 bits per heavy atom. The Hall–Kier alpha value is -3.79. The maximum atomic E-state index is 12.6. The van der Waals surface area contributed by atoms with Crippen molar-refractivity contribution in [2.75, 3.05) is 10.6 Å². The van der Waals surface area contributed by atoms with E-state index in [0.717, 1.165) is 6.07 Å². The molecule has 2 amide bonds. The number of nitrogens with one attached hydrogen (secondary N) is 2. The number of aromatic nitrogens is 3.